The van der Waals surface area contributed by atoms with Gasteiger partial charge in [-0.2, -0.15) is 0 Å². The Balaban J connectivity index is 0. The molecule has 0 amide bonds. The van der Waals surface area contributed by atoms with Crippen LogP contribution >= 0.6 is 0 Å². The van der Waals surface area contributed by atoms with E-state index in [9.17, 15) is 0 Å². The second-order valence-corrected chi connectivity index (χ2v) is 2.81. The quantitative estimate of drug-likeness (QED) is 0.432. The molecular formula is C8H17LiO4. The van der Waals surface area contributed by atoms with E-state index in [0.29, 0.717) is 0 Å². The minimum atomic E-state index is -0.289. The van der Waals surface area contributed by atoms with E-state index in [0.717, 1.165) is 0 Å². The van der Waals surface area contributed by atoms with Gasteiger partial charge in [0.05, 0.1) is 0 Å². The zero-order valence-corrected chi connectivity index (χ0v) is 8.94. The van der Waals surface area contributed by atoms with Crippen molar-refractivity contribution in [1.82, 2.24) is 0 Å². The van der Waals surface area contributed by atoms with Crippen LogP contribution in [-0.2, 0) is 18.9 Å². The molecule has 1 fully saturated rings. The van der Waals surface area contributed by atoms with Gasteiger partial charge in [-0.15, -0.1) is 0 Å². The maximum absolute atomic E-state index is 5.31. The van der Waals surface area contributed by atoms with Gasteiger partial charge in [-0.25, -0.2) is 0 Å². The fourth-order valence-corrected chi connectivity index (χ4v) is 1.21. The molecule has 0 radical (unpaired) electrons. The van der Waals surface area contributed by atoms with Gasteiger partial charge in [0.15, 0.2) is 25.2 Å². The van der Waals surface area contributed by atoms with Crippen molar-refractivity contribution in [1.29, 1.82) is 0 Å². The fourth-order valence-electron chi connectivity index (χ4n) is 1.21. The van der Waals surface area contributed by atoms with Crippen molar-refractivity contribution in [2.45, 2.75) is 52.9 Å². The van der Waals surface area contributed by atoms with Gasteiger partial charge in [0, 0.05) is 0 Å². The van der Waals surface area contributed by atoms with Crippen LogP contribution in [0.25, 0.3) is 0 Å². The molecule has 74 valence electrons. The molecule has 0 saturated carbocycles. The first-order valence-corrected chi connectivity index (χ1v) is 4.20. The molecule has 0 unspecified atom stereocenters. The van der Waals surface area contributed by atoms with E-state index in [1.165, 1.54) is 0 Å². The molecular weight excluding hydrogens is 167 g/mol. The Hall–Kier alpha value is 0.437. The third kappa shape index (κ3) is 5.01. The molecule has 1 aliphatic rings. The van der Waals surface area contributed by atoms with Crippen molar-refractivity contribution in [2.75, 3.05) is 0 Å². The van der Waals surface area contributed by atoms with Crippen molar-refractivity contribution in [3.05, 3.63) is 0 Å². The van der Waals surface area contributed by atoms with Crippen LogP contribution in [0.5, 0.6) is 0 Å². The summed E-state index contributed by atoms with van der Waals surface area (Å²) in [6.45, 7) is 7.26. The van der Waals surface area contributed by atoms with E-state index >= 15 is 0 Å². The van der Waals surface area contributed by atoms with Gasteiger partial charge in [-0.3, -0.25) is 0 Å². The second-order valence-electron chi connectivity index (χ2n) is 2.81. The van der Waals surface area contributed by atoms with Crippen LogP contribution in [0, 0.1) is 0 Å². The Bertz CT molecular complexity index is 109. The normalized spacial score (nSPS) is 41.5. The van der Waals surface area contributed by atoms with Crippen LogP contribution in [0.3, 0.4) is 0 Å². The fraction of sp³-hybridized carbons (Fsp3) is 1.00. The standard InChI is InChI=1S/C8H16O4.Li.H/c1-5-9-6(2)11-8(4)12-7(3)10-5;;/h5-8H,1-4H3;;/q;+1;-1. The van der Waals surface area contributed by atoms with Crippen LogP contribution < -0.4 is 18.9 Å². The zero-order valence-electron chi connectivity index (χ0n) is 9.94. The van der Waals surface area contributed by atoms with Gasteiger partial charge >= 0.3 is 18.9 Å². The van der Waals surface area contributed by atoms with E-state index in [4.69, 9.17) is 18.9 Å². The first-order valence-electron chi connectivity index (χ1n) is 4.20. The summed E-state index contributed by atoms with van der Waals surface area (Å²) in [5, 5.41) is 0. The molecule has 4 nitrogen and oxygen atoms in total. The van der Waals surface area contributed by atoms with Crippen molar-refractivity contribution in [3.8, 4) is 0 Å². The molecule has 0 aromatic carbocycles. The first-order chi connectivity index (χ1) is 5.58. The van der Waals surface area contributed by atoms with E-state index in [2.05, 4.69) is 0 Å². The monoisotopic (exact) mass is 184 g/mol. The van der Waals surface area contributed by atoms with Crippen LogP contribution in [0.1, 0.15) is 29.1 Å². The third-order valence-corrected chi connectivity index (χ3v) is 1.53. The predicted octanol–water partition coefficient (Wildman–Crippen LogP) is -1.43. The number of hydrogen-bond donors (Lipinski definition) is 0. The summed E-state index contributed by atoms with van der Waals surface area (Å²) in [4.78, 5) is 0. The largest absolute Gasteiger partial charge is 1.00 e. The Morgan fingerprint density at radius 2 is 0.769 bits per heavy atom. The maximum Gasteiger partial charge on any atom is 1.00 e. The van der Waals surface area contributed by atoms with Crippen molar-refractivity contribution in [3.63, 3.8) is 0 Å². The summed E-state index contributed by atoms with van der Waals surface area (Å²) >= 11 is 0. The Morgan fingerprint density at radius 1 is 0.615 bits per heavy atom. The Kier molecular flexibility index (Phi) is 6.22. The molecule has 0 atom stereocenters. The first kappa shape index (κ1) is 13.4. The molecule has 1 rings (SSSR count). The average Bonchev–Trinajstić information content (AvgIpc) is 1.81. The summed E-state index contributed by atoms with van der Waals surface area (Å²) in [6.07, 6.45) is -1.16. The van der Waals surface area contributed by atoms with Gasteiger partial charge in [-0.1, -0.05) is 0 Å². The van der Waals surface area contributed by atoms with E-state index in [-0.39, 0.29) is 45.4 Å². The summed E-state index contributed by atoms with van der Waals surface area (Å²) in [5.41, 5.74) is 0. The summed E-state index contributed by atoms with van der Waals surface area (Å²) < 4.78 is 21.2. The van der Waals surface area contributed by atoms with Crippen molar-refractivity contribution >= 4 is 0 Å². The molecule has 0 spiro atoms. The predicted molar refractivity (Wildman–Crippen MR) is 43.3 cm³/mol. The number of rotatable bonds is 0. The minimum absolute atomic E-state index is 0. The number of ether oxygens (including phenoxy) is 4. The molecule has 0 bridgehead atoms. The van der Waals surface area contributed by atoms with E-state index < -0.39 is 0 Å². The summed E-state index contributed by atoms with van der Waals surface area (Å²) in [7, 11) is 0. The van der Waals surface area contributed by atoms with Crippen molar-refractivity contribution in [2.24, 2.45) is 0 Å². The molecule has 1 saturated heterocycles. The van der Waals surface area contributed by atoms with E-state index in [1.807, 2.05) is 27.7 Å². The van der Waals surface area contributed by atoms with Crippen LogP contribution in [0.15, 0.2) is 0 Å². The summed E-state index contributed by atoms with van der Waals surface area (Å²) in [6, 6.07) is 0. The van der Waals surface area contributed by atoms with Gasteiger partial charge in [0.1, 0.15) is 0 Å². The SMILES string of the molecule is CC1OC(C)OC(C)OC(C)O1.[H-].[Li+]. The Morgan fingerprint density at radius 3 is 0.923 bits per heavy atom. The van der Waals surface area contributed by atoms with Crippen molar-refractivity contribution < 1.29 is 39.2 Å². The van der Waals surface area contributed by atoms with Gasteiger partial charge < -0.3 is 20.4 Å². The van der Waals surface area contributed by atoms with Crippen LogP contribution in [0.2, 0.25) is 0 Å². The smallest absolute Gasteiger partial charge is 1.00 e. The number of hydrogen-bond acceptors (Lipinski definition) is 4. The molecule has 0 aliphatic carbocycles. The van der Waals surface area contributed by atoms with Gasteiger partial charge in [-0.05, 0) is 27.7 Å². The van der Waals surface area contributed by atoms with Crippen LogP contribution in [-0.4, -0.2) is 25.2 Å². The zero-order chi connectivity index (χ0) is 9.14. The average molecular weight is 184 g/mol. The molecule has 0 aromatic rings. The van der Waals surface area contributed by atoms with Gasteiger partial charge in [0.25, 0.3) is 0 Å². The maximum atomic E-state index is 5.31. The topological polar surface area (TPSA) is 36.9 Å². The van der Waals surface area contributed by atoms with Crippen LogP contribution in [0.4, 0.5) is 0 Å². The molecule has 0 aromatic heterocycles. The molecule has 13 heavy (non-hydrogen) atoms. The molecule has 5 heteroatoms. The summed E-state index contributed by atoms with van der Waals surface area (Å²) in [5.74, 6) is 0. The van der Waals surface area contributed by atoms with Gasteiger partial charge in [0.2, 0.25) is 0 Å². The molecule has 0 N–H and O–H groups in total. The Labute approximate surface area is 92.5 Å². The molecule has 1 heterocycles. The van der Waals surface area contributed by atoms with E-state index in [1.54, 1.807) is 0 Å². The molecule has 1 aliphatic heterocycles. The second kappa shape index (κ2) is 6.02. The third-order valence-electron chi connectivity index (χ3n) is 1.53. The minimum Gasteiger partial charge on any atom is -1.00 e.